The summed E-state index contributed by atoms with van der Waals surface area (Å²) in [7, 11) is 0. The number of hydrogen-bond donors (Lipinski definition) is 1. The third-order valence-electron chi connectivity index (χ3n) is 3.82. The number of rotatable bonds is 4. The minimum absolute atomic E-state index is 0. The molecular weight excluding hydrogens is 340 g/mol. The molecule has 0 bridgehead atoms. The molecule has 0 saturated carbocycles. The van der Waals surface area contributed by atoms with Gasteiger partial charge in [-0.3, -0.25) is 4.79 Å². The second-order valence-corrected chi connectivity index (χ2v) is 6.06. The van der Waals surface area contributed by atoms with Gasteiger partial charge >= 0.3 is 0 Å². The average Bonchev–Trinajstić information content (AvgIpc) is 2.88. The maximum absolute atomic E-state index is 12.2. The second kappa shape index (κ2) is 8.01. The fourth-order valence-corrected chi connectivity index (χ4v) is 2.91. The molecule has 1 aliphatic heterocycles. The zero-order valence-corrected chi connectivity index (χ0v) is 14.2. The lowest BCUT2D eigenvalue weighted by molar-refractivity contribution is -0.131. The molecule has 0 radical (unpaired) electrons. The van der Waals surface area contributed by atoms with Gasteiger partial charge in [-0.1, -0.05) is 28.1 Å². The lowest BCUT2D eigenvalue weighted by Gasteiger charge is -2.23. The van der Waals surface area contributed by atoms with Gasteiger partial charge in [-0.05, 0) is 43.4 Å². The van der Waals surface area contributed by atoms with Crippen LogP contribution in [0.2, 0.25) is 0 Å². The smallest absolute Gasteiger partial charge is 0.223 e. The largest absolute Gasteiger partial charge is 0.338 e. The first kappa shape index (κ1) is 17.5. The number of aryl methyl sites for hydroxylation is 2. The van der Waals surface area contributed by atoms with Crippen molar-refractivity contribution in [3.63, 3.8) is 0 Å². The molecule has 1 amide bonds. The van der Waals surface area contributed by atoms with Gasteiger partial charge < -0.3 is 10.6 Å². The average molecular weight is 362 g/mol. The van der Waals surface area contributed by atoms with Crippen molar-refractivity contribution >= 4 is 34.2 Å². The monoisotopic (exact) mass is 360 g/mol. The maximum atomic E-state index is 12.2. The summed E-state index contributed by atoms with van der Waals surface area (Å²) in [5, 5.41) is 0. The van der Waals surface area contributed by atoms with E-state index in [0.717, 1.165) is 30.3 Å². The predicted molar refractivity (Wildman–Crippen MR) is 88.2 cm³/mol. The predicted octanol–water partition coefficient (Wildman–Crippen LogP) is 3.06. The molecular formula is C15H22BrClN2O. The van der Waals surface area contributed by atoms with Gasteiger partial charge in [0.2, 0.25) is 5.91 Å². The number of nitrogens with zero attached hydrogens (tertiary/aromatic N) is 1. The molecule has 1 aromatic carbocycles. The lowest BCUT2D eigenvalue weighted by Crippen LogP contribution is -2.39. The van der Waals surface area contributed by atoms with Gasteiger partial charge in [0, 0.05) is 30.0 Å². The van der Waals surface area contributed by atoms with Crippen LogP contribution < -0.4 is 5.73 Å². The molecule has 20 heavy (non-hydrogen) atoms. The highest BCUT2D eigenvalue weighted by atomic mass is 79.9. The molecule has 1 saturated heterocycles. The van der Waals surface area contributed by atoms with Crippen LogP contribution >= 0.6 is 28.3 Å². The summed E-state index contributed by atoms with van der Waals surface area (Å²) in [4.78, 5) is 14.2. The molecule has 1 fully saturated rings. The van der Waals surface area contributed by atoms with E-state index in [1.807, 2.05) is 11.0 Å². The zero-order valence-electron chi connectivity index (χ0n) is 11.8. The third-order valence-corrected chi connectivity index (χ3v) is 4.71. The van der Waals surface area contributed by atoms with Gasteiger partial charge in [0.05, 0.1) is 0 Å². The Morgan fingerprint density at radius 1 is 1.50 bits per heavy atom. The standard InChI is InChI=1S/C15H21BrN2O.ClH/c1-11-9-12(4-6-14(11)16)5-7-15(19)18-8-2-3-13(18)10-17;/h4,6,9,13H,2-3,5,7-8,10,17H2,1H3;1H. The molecule has 2 rings (SSSR count). The van der Waals surface area contributed by atoms with E-state index in [1.165, 1.54) is 11.1 Å². The van der Waals surface area contributed by atoms with Gasteiger partial charge in [-0.15, -0.1) is 12.4 Å². The van der Waals surface area contributed by atoms with Crippen molar-refractivity contribution in [2.45, 2.75) is 38.6 Å². The van der Waals surface area contributed by atoms with Crippen LogP contribution in [0.1, 0.15) is 30.4 Å². The minimum atomic E-state index is 0. The Balaban J connectivity index is 0.00000200. The highest BCUT2D eigenvalue weighted by Crippen LogP contribution is 2.20. The van der Waals surface area contributed by atoms with E-state index >= 15 is 0 Å². The van der Waals surface area contributed by atoms with Crippen molar-refractivity contribution in [1.29, 1.82) is 0 Å². The molecule has 1 aromatic rings. The van der Waals surface area contributed by atoms with Gasteiger partial charge in [0.15, 0.2) is 0 Å². The van der Waals surface area contributed by atoms with Crippen LogP contribution in [0.3, 0.4) is 0 Å². The Morgan fingerprint density at radius 2 is 2.25 bits per heavy atom. The van der Waals surface area contributed by atoms with Crippen molar-refractivity contribution in [2.75, 3.05) is 13.1 Å². The molecule has 5 heteroatoms. The molecule has 0 aromatic heterocycles. The number of amides is 1. The highest BCUT2D eigenvalue weighted by Gasteiger charge is 2.26. The first-order valence-corrected chi connectivity index (χ1v) is 7.65. The number of carbonyl (C=O) groups is 1. The normalized spacial score (nSPS) is 17.9. The van der Waals surface area contributed by atoms with Gasteiger partial charge in [0.25, 0.3) is 0 Å². The molecule has 1 aliphatic rings. The van der Waals surface area contributed by atoms with Crippen LogP contribution in [-0.2, 0) is 11.2 Å². The Hall–Kier alpha value is -0.580. The molecule has 0 spiro atoms. The van der Waals surface area contributed by atoms with Crippen LogP contribution in [0.4, 0.5) is 0 Å². The maximum Gasteiger partial charge on any atom is 0.223 e. The molecule has 2 N–H and O–H groups in total. The first-order valence-electron chi connectivity index (χ1n) is 6.86. The number of likely N-dealkylation sites (tertiary alicyclic amines) is 1. The van der Waals surface area contributed by atoms with Crippen molar-refractivity contribution in [3.05, 3.63) is 33.8 Å². The van der Waals surface area contributed by atoms with Crippen molar-refractivity contribution in [2.24, 2.45) is 5.73 Å². The van der Waals surface area contributed by atoms with Crippen molar-refractivity contribution in [1.82, 2.24) is 4.90 Å². The van der Waals surface area contributed by atoms with Crippen LogP contribution in [0.25, 0.3) is 0 Å². The highest BCUT2D eigenvalue weighted by molar-refractivity contribution is 9.10. The quantitative estimate of drug-likeness (QED) is 0.896. The minimum Gasteiger partial charge on any atom is -0.338 e. The van der Waals surface area contributed by atoms with E-state index in [0.29, 0.717) is 13.0 Å². The summed E-state index contributed by atoms with van der Waals surface area (Å²) in [5.41, 5.74) is 8.14. The Kier molecular flexibility index (Phi) is 7.00. The van der Waals surface area contributed by atoms with E-state index in [-0.39, 0.29) is 24.4 Å². The van der Waals surface area contributed by atoms with E-state index < -0.39 is 0 Å². The van der Waals surface area contributed by atoms with Gasteiger partial charge in [-0.25, -0.2) is 0 Å². The van der Waals surface area contributed by atoms with Crippen molar-refractivity contribution < 1.29 is 4.79 Å². The first-order chi connectivity index (χ1) is 9.11. The number of halogens is 2. The topological polar surface area (TPSA) is 46.3 Å². The number of benzene rings is 1. The number of carbonyl (C=O) groups excluding carboxylic acids is 1. The summed E-state index contributed by atoms with van der Waals surface area (Å²) < 4.78 is 1.12. The molecule has 1 unspecified atom stereocenters. The van der Waals surface area contributed by atoms with E-state index in [2.05, 4.69) is 35.0 Å². The number of hydrogen-bond acceptors (Lipinski definition) is 2. The molecule has 112 valence electrons. The molecule has 1 heterocycles. The van der Waals surface area contributed by atoms with E-state index in [4.69, 9.17) is 5.73 Å². The van der Waals surface area contributed by atoms with Crippen LogP contribution in [0.5, 0.6) is 0 Å². The van der Waals surface area contributed by atoms with Crippen LogP contribution in [0, 0.1) is 6.92 Å². The summed E-state index contributed by atoms with van der Waals surface area (Å²) in [6, 6.07) is 6.53. The third kappa shape index (κ3) is 4.21. The second-order valence-electron chi connectivity index (χ2n) is 5.20. The van der Waals surface area contributed by atoms with Crippen LogP contribution in [-0.4, -0.2) is 29.9 Å². The van der Waals surface area contributed by atoms with Crippen molar-refractivity contribution in [3.8, 4) is 0 Å². The lowest BCUT2D eigenvalue weighted by atomic mass is 10.1. The fourth-order valence-electron chi connectivity index (χ4n) is 2.67. The SMILES string of the molecule is Cc1cc(CCC(=O)N2CCCC2CN)ccc1Br.Cl. The molecule has 1 atom stereocenters. The summed E-state index contributed by atoms with van der Waals surface area (Å²) in [6.45, 7) is 3.53. The van der Waals surface area contributed by atoms with E-state index in [9.17, 15) is 4.79 Å². The number of nitrogens with two attached hydrogens (primary N) is 1. The Bertz CT molecular complexity index is 467. The Morgan fingerprint density at radius 3 is 2.90 bits per heavy atom. The summed E-state index contributed by atoms with van der Waals surface area (Å²) in [6.07, 6.45) is 3.53. The molecule has 0 aliphatic carbocycles. The molecule has 3 nitrogen and oxygen atoms in total. The van der Waals surface area contributed by atoms with Gasteiger partial charge in [-0.2, -0.15) is 0 Å². The Labute approximate surface area is 135 Å². The van der Waals surface area contributed by atoms with E-state index in [1.54, 1.807) is 0 Å². The van der Waals surface area contributed by atoms with Crippen LogP contribution in [0.15, 0.2) is 22.7 Å². The zero-order chi connectivity index (χ0) is 13.8. The summed E-state index contributed by atoms with van der Waals surface area (Å²) >= 11 is 3.49. The fraction of sp³-hybridized carbons (Fsp3) is 0.533. The van der Waals surface area contributed by atoms with Gasteiger partial charge in [0.1, 0.15) is 0 Å². The summed E-state index contributed by atoms with van der Waals surface area (Å²) in [5.74, 6) is 0.244.